The third kappa shape index (κ3) is 4.15. The Morgan fingerprint density at radius 3 is 2.89 bits per heavy atom. The highest BCUT2D eigenvalue weighted by atomic mass is 16.5. The Morgan fingerprint density at radius 2 is 2.39 bits per heavy atom. The van der Waals surface area contributed by atoms with Gasteiger partial charge in [-0.15, -0.1) is 0 Å². The van der Waals surface area contributed by atoms with Crippen molar-refractivity contribution in [2.45, 2.75) is 18.5 Å². The lowest BCUT2D eigenvalue weighted by Crippen LogP contribution is -2.50. The van der Waals surface area contributed by atoms with E-state index in [1.165, 1.54) is 19.6 Å². The summed E-state index contributed by atoms with van der Waals surface area (Å²) in [5.41, 5.74) is 6.11. The summed E-state index contributed by atoms with van der Waals surface area (Å²) in [6.45, 7) is 0.0300. The van der Waals surface area contributed by atoms with Crippen molar-refractivity contribution in [2.24, 2.45) is 5.73 Å². The van der Waals surface area contributed by atoms with Gasteiger partial charge in [0.1, 0.15) is 12.1 Å². The number of carbonyl (C=O) groups excluding carboxylic acids is 1. The quantitative estimate of drug-likeness (QED) is 0.469. The molecule has 1 rings (SSSR count). The van der Waals surface area contributed by atoms with Crippen LogP contribution < -0.4 is 11.1 Å². The fourth-order valence-corrected chi connectivity index (χ4v) is 1.35. The van der Waals surface area contributed by atoms with Crippen LogP contribution in [0.1, 0.15) is 5.69 Å². The number of nitrogens with two attached hydrogens (primary N) is 1. The maximum absolute atomic E-state index is 11.6. The minimum atomic E-state index is -1.14. The van der Waals surface area contributed by atoms with Gasteiger partial charge in [0.15, 0.2) is 0 Å². The third-order valence-electron chi connectivity index (χ3n) is 2.28. The lowest BCUT2D eigenvalue weighted by molar-refractivity contribution is -0.142. The van der Waals surface area contributed by atoms with Crippen LogP contribution >= 0.6 is 0 Å². The summed E-state index contributed by atoms with van der Waals surface area (Å²) in [7, 11) is 1.41. The average Bonchev–Trinajstić information content (AvgIpc) is 2.81. The number of H-pyrrole nitrogens is 1. The molecule has 0 aliphatic carbocycles. The summed E-state index contributed by atoms with van der Waals surface area (Å²) in [5.74, 6) is -1.70. The van der Waals surface area contributed by atoms with E-state index >= 15 is 0 Å². The predicted octanol–water partition coefficient (Wildman–Crippen LogP) is -1.50. The molecule has 1 amide bonds. The lowest BCUT2D eigenvalue weighted by atomic mass is 10.1. The molecule has 0 fully saturated rings. The Labute approximate surface area is 104 Å². The molecule has 2 unspecified atom stereocenters. The number of aromatic nitrogens is 2. The van der Waals surface area contributed by atoms with Gasteiger partial charge in [-0.2, -0.15) is 0 Å². The number of methoxy groups -OCH3 is 1. The average molecular weight is 256 g/mol. The first-order valence-corrected chi connectivity index (χ1v) is 5.29. The maximum Gasteiger partial charge on any atom is 0.326 e. The third-order valence-corrected chi connectivity index (χ3v) is 2.28. The molecule has 0 aliphatic rings. The molecule has 100 valence electrons. The van der Waals surface area contributed by atoms with Crippen LogP contribution in [0.3, 0.4) is 0 Å². The molecule has 1 heterocycles. The Hall–Kier alpha value is -1.93. The van der Waals surface area contributed by atoms with Crippen molar-refractivity contribution >= 4 is 11.9 Å². The largest absolute Gasteiger partial charge is 0.480 e. The van der Waals surface area contributed by atoms with Gasteiger partial charge in [0.25, 0.3) is 0 Å². The summed E-state index contributed by atoms with van der Waals surface area (Å²) < 4.78 is 4.72. The van der Waals surface area contributed by atoms with Gasteiger partial charge in [-0.25, -0.2) is 9.78 Å². The molecule has 1 aromatic heterocycles. The summed E-state index contributed by atoms with van der Waals surface area (Å²) >= 11 is 0. The van der Waals surface area contributed by atoms with Gasteiger partial charge in [-0.05, 0) is 0 Å². The number of nitrogens with zero attached hydrogens (tertiary/aromatic N) is 1. The van der Waals surface area contributed by atoms with Crippen LogP contribution in [0.2, 0.25) is 0 Å². The molecule has 0 saturated carbocycles. The molecule has 2 atom stereocenters. The normalized spacial score (nSPS) is 13.9. The second-order valence-corrected chi connectivity index (χ2v) is 3.74. The SMILES string of the molecule is COCC(N)C(=O)NC(Cc1cnc[nH]1)C(=O)O. The van der Waals surface area contributed by atoms with E-state index in [9.17, 15) is 9.59 Å². The predicted molar refractivity (Wildman–Crippen MR) is 61.7 cm³/mol. The Kier molecular flexibility index (Phi) is 5.28. The number of carboxylic acid groups (broad SMARTS) is 1. The summed E-state index contributed by atoms with van der Waals surface area (Å²) in [6.07, 6.45) is 3.05. The number of aromatic amines is 1. The summed E-state index contributed by atoms with van der Waals surface area (Å²) in [4.78, 5) is 29.1. The van der Waals surface area contributed by atoms with Gasteiger partial charge >= 0.3 is 5.97 Å². The molecule has 5 N–H and O–H groups in total. The first-order chi connectivity index (χ1) is 8.54. The van der Waals surface area contributed by atoms with E-state index in [2.05, 4.69) is 15.3 Å². The van der Waals surface area contributed by atoms with Crippen molar-refractivity contribution < 1.29 is 19.4 Å². The van der Waals surface area contributed by atoms with Crippen molar-refractivity contribution in [3.05, 3.63) is 18.2 Å². The lowest BCUT2D eigenvalue weighted by Gasteiger charge is -2.16. The standard InChI is InChI=1S/C10H16N4O4/c1-18-4-7(11)9(15)14-8(10(16)17)2-6-3-12-5-13-6/h3,5,7-8H,2,4,11H2,1H3,(H,12,13)(H,14,15)(H,16,17). The van der Waals surface area contributed by atoms with Crippen LogP contribution in [0.5, 0.6) is 0 Å². The van der Waals surface area contributed by atoms with Crippen molar-refractivity contribution in [3.63, 3.8) is 0 Å². The van der Waals surface area contributed by atoms with Gasteiger partial charge in [0, 0.05) is 25.4 Å². The number of imidazole rings is 1. The van der Waals surface area contributed by atoms with Crippen molar-refractivity contribution in [1.29, 1.82) is 0 Å². The topological polar surface area (TPSA) is 130 Å². The van der Waals surface area contributed by atoms with E-state index < -0.39 is 24.0 Å². The van der Waals surface area contributed by atoms with Crippen LogP contribution in [0.15, 0.2) is 12.5 Å². The minimum absolute atomic E-state index is 0.0300. The van der Waals surface area contributed by atoms with E-state index in [-0.39, 0.29) is 13.0 Å². The first-order valence-electron chi connectivity index (χ1n) is 5.29. The van der Waals surface area contributed by atoms with Crippen LogP contribution in [-0.2, 0) is 20.7 Å². The molecule has 0 saturated heterocycles. The molecule has 0 spiro atoms. The molecule has 8 heteroatoms. The summed E-state index contributed by atoms with van der Waals surface area (Å²) in [5, 5.41) is 11.4. The van der Waals surface area contributed by atoms with Crippen molar-refractivity contribution in [2.75, 3.05) is 13.7 Å². The number of hydrogen-bond acceptors (Lipinski definition) is 5. The van der Waals surface area contributed by atoms with Crippen molar-refractivity contribution in [1.82, 2.24) is 15.3 Å². The molecule has 18 heavy (non-hydrogen) atoms. The van der Waals surface area contributed by atoms with Crippen LogP contribution in [0.25, 0.3) is 0 Å². The highest BCUT2D eigenvalue weighted by Gasteiger charge is 2.23. The van der Waals surface area contributed by atoms with Crippen LogP contribution in [-0.4, -0.2) is 52.8 Å². The first kappa shape index (κ1) is 14.1. The molecule has 0 bridgehead atoms. The molecule has 0 radical (unpaired) electrons. The van der Waals surface area contributed by atoms with Gasteiger partial charge in [0.05, 0.1) is 12.9 Å². The molecule has 0 aromatic carbocycles. The van der Waals surface area contributed by atoms with Gasteiger partial charge in [-0.1, -0.05) is 0 Å². The number of aliphatic carboxylic acids is 1. The number of carbonyl (C=O) groups is 2. The number of rotatable bonds is 7. The van der Waals surface area contributed by atoms with Gasteiger partial charge in [0.2, 0.25) is 5.91 Å². The van der Waals surface area contributed by atoms with Crippen LogP contribution in [0.4, 0.5) is 0 Å². The second-order valence-electron chi connectivity index (χ2n) is 3.74. The van der Waals surface area contributed by atoms with E-state index in [1.54, 1.807) is 0 Å². The van der Waals surface area contributed by atoms with E-state index in [4.69, 9.17) is 15.6 Å². The Bertz CT molecular complexity index is 393. The highest BCUT2D eigenvalue weighted by molar-refractivity contribution is 5.86. The molecule has 0 aliphatic heterocycles. The van der Waals surface area contributed by atoms with Crippen molar-refractivity contribution in [3.8, 4) is 0 Å². The monoisotopic (exact) mass is 256 g/mol. The highest BCUT2D eigenvalue weighted by Crippen LogP contribution is 1.99. The number of carboxylic acids is 1. The van der Waals surface area contributed by atoms with Gasteiger partial charge < -0.3 is 25.9 Å². The van der Waals surface area contributed by atoms with Crippen LogP contribution in [0, 0.1) is 0 Å². The molecule has 1 aromatic rings. The number of nitrogens with one attached hydrogen (secondary N) is 2. The summed E-state index contributed by atoms with van der Waals surface area (Å²) in [6, 6.07) is -1.94. The van der Waals surface area contributed by atoms with Gasteiger partial charge in [-0.3, -0.25) is 4.79 Å². The number of amides is 1. The molecule has 8 nitrogen and oxygen atoms in total. The minimum Gasteiger partial charge on any atom is -0.480 e. The second kappa shape index (κ2) is 6.72. The van der Waals surface area contributed by atoms with E-state index in [1.807, 2.05) is 0 Å². The maximum atomic E-state index is 11.6. The Morgan fingerprint density at radius 1 is 1.67 bits per heavy atom. The molecular formula is C10H16N4O4. The smallest absolute Gasteiger partial charge is 0.326 e. The van der Waals surface area contributed by atoms with E-state index in [0.29, 0.717) is 5.69 Å². The number of hydrogen-bond donors (Lipinski definition) is 4. The van der Waals surface area contributed by atoms with E-state index in [0.717, 1.165) is 0 Å². The zero-order valence-electron chi connectivity index (χ0n) is 9.92. The zero-order chi connectivity index (χ0) is 13.5. The zero-order valence-corrected chi connectivity index (χ0v) is 9.92. The molecular weight excluding hydrogens is 240 g/mol. The number of ether oxygens (including phenoxy) is 1. The fraction of sp³-hybridized carbons (Fsp3) is 0.500. The Balaban J connectivity index is 2.58. The fourth-order valence-electron chi connectivity index (χ4n) is 1.35.